The lowest BCUT2D eigenvalue weighted by Gasteiger charge is -2.26. The lowest BCUT2D eigenvalue weighted by Crippen LogP contribution is -2.30. The third-order valence-corrected chi connectivity index (χ3v) is 5.99. The van der Waals surface area contributed by atoms with Crippen LogP contribution in [0.3, 0.4) is 0 Å². The standard InChI is InChI=1S/C28H35NO5/c1-7-8-9-14-29-24(20-10-12-21(13-11-20)34-17(2)3)23(26(31)28(29)32)25(30)22-16-18(4)15-19(5)27(22)33-6/h10-13,15-17,24,30H,7-9,14H2,1-6H3/b25-23+. The molecule has 3 rings (SSSR count). The number of aryl methyl sites for hydroxylation is 2. The number of unbranched alkanes of at least 4 members (excludes halogenated alkanes) is 2. The summed E-state index contributed by atoms with van der Waals surface area (Å²) in [7, 11) is 1.53. The Bertz CT molecular complexity index is 1080. The molecular weight excluding hydrogens is 430 g/mol. The molecule has 2 aromatic carbocycles. The number of ketones is 1. The van der Waals surface area contributed by atoms with Gasteiger partial charge in [0.05, 0.1) is 30.4 Å². The first-order chi connectivity index (χ1) is 16.2. The van der Waals surface area contributed by atoms with E-state index in [0.29, 0.717) is 23.6 Å². The normalized spacial score (nSPS) is 17.5. The molecule has 1 saturated heterocycles. The zero-order chi connectivity index (χ0) is 25.0. The summed E-state index contributed by atoms with van der Waals surface area (Å²) < 4.78 is 11.3. The smallest absolute Gasteiger partial charge is 0.295 e. The number of amides is 1. The summed E-state index contributed by atoms with van der Waals surface area (Å²) in [5.74, 6) is -0.291. The molecule has 6 heteroatoms. The number of rotatable bonds is 9. The molecule has 1 aliphatic heterocycles. The van der Waals surface area contributed by atoms with Crippen molar-refractivity contribution in [1.82, 2.24) is 4.90 Å². The summed E-state index contributed by atoms with van der Waals surface area (Å²) >= 11 is 0. The topological polar surface area (TPSA) is 76.1 Å². The average molecular weight is 466 g/mol. The van der Waals surface area contributed by atoms with E-state index in [1.54, 1.807) is 11.0 Å². The Morgan fingerprint density at radius 2 is 1.76 bits per heavy atom. The zero-order valence-electron chi connectivity index (χ0n) is 21.0. The second-order valence-corrected chi connectivity index (χ2v) is 9.10. The molecule has 0 aliphatic carbocycles. The molecule has 1 N–H and O–H groups in total. The number of nitrogens with zero attached hydrogens (tertiary/aromatic N) is 1. The zero-order valence-corrected chi connectivity index (χ0v) is 21.0. The molecule has 0 saturated carbocycles. The quantitative estimate of drug-likeness (QED) is 0.222. The van der Waals surface area contributed by atoms with Crippen molar-refractivity contribution in [3.63, 3.8) is 0 Å². The number of aliphatic hydroxyl groups is 1. The first-order valence-corrected chi connectivity index (χ1v) is 11.9. The van der Waals surface area contributed by atoms with Crippen LogP contribution < -0.4 is 9.47 Å². The van der Waals surface area contributed by atoms with Gasteiger partial charge >= 0.3 is 0 Å². The van der Waals surface area contributed by atoms with E-state index in [4.69, 9.17) is 9.47 Å². The number of benzene rings is 2. The Balaban J connectivity index is 2.17. The lowest BCUT2D eigenvalue weighted by atomic mass is 9.93. The molecule has 1 amide bonds. The molecule has 0 radical (unpaired) electrons. The summed E-state index contributed by atoms with van der Waals surface area (Å²) in [5, 5.41) is 11.4. The van der Waals surface area contributed by atoms with Gasteiger partial charge in [-0.25, -0.2) is 0 Å². The highest BCUT2D eigenvalue weighted by Gasteiger charge is 2.46. The monoisotopic (exact) mass is 465 g/mol. The molecule has 182 valence electrons. The Morgan fingerprint density at radius 3 is 2.35 bits per heavy atom. The number of carbonyl (C=O) groups excluding carboxylic acids is 2. The van der Waals surface area contributed by atoms with Crippen LogP contribution in [-0.4, -0.2) is 41.5 Å². The van der Waals surface area contributed by atoms with E-state index in [0.717, 1.165) is 36.0 Å². The van der Waals surface area contributed by atoms with Crippen LogP contribution in [0.25, 0.3) is 5.76 Å². The number of methoxy groups -OCH3 is 1. The van der Waals surface area contributed by atoms with Crippen LogP contribution in [0.5, 0.6) is 11.5 Å². The SMILES string of the molecule is CCCCCN1C(=O)C(=O)/C(=C(/O)c2cc(C)cc(C)c2OC)C1c1ccc(OC(C)C)cc1. The van der Waals surface area contributed by atoms with E-state index < -0.39 is 17.7 Å². The lowest BCUT2D eigenvalue weighted by molar-refractivity contribution is -0.139. The molecule has 1 aliphatic rings. The first-order valence-electron chi connectivity index (χ1n) is 11.9. The highest BCUT2D eigenvalue weighted by atomic mass is 16.5. The number of hydrogen-bond acceptors (Lipinski definition) is 5. The second-order valence-electron chi connectivity index (χ2n) is 9.10. The number of carbonyl (C=O) groups is 2. The Labute approximate surface area is 202 Å². The van der Waals surface area contributed by atoms with Crippen molar-refractivity contribution in [2.45, 2.75) is 66.0 Å². The van der Waals surface area contributed by atoms with Crippen molar-refractivity contribution in [1.29, 1.82) is 0 Å². The summed E-state index contributed by atoms with van der Waals surface area (Å²) in [4.78, 5) is 27.9. The Hall–Kier alpha value is -3.28. The van der Waals surface area contributed by atoms with Crippen LogP contribution in [0.15, 0.2) is 42.0 Å². The van der Waals surface area contributed by atoms with Crippen LogP contribution in [0.1, 0.15) is 68.3 Å². The van der Waals surface area contributed by atoms with Crippen molar-refractivity contribution in [3.05, 3.63) is 64.2 Å². The summed E-state index contributed by atoms with van der Waals surface area (Å²) in [6.07, 6.45) is 2.75. The molecule has 2 aromatic rings. The fourth-order valence-corrected chi connectivity index (χ4v) is 4.54. The summed E-state index contributed by atoms with van der Waals surface area (Å²) in [6, 6.07) is 10.4. The predicted octanol–water partition coefficient (Wildman–Crippen LogP) is 5.71. The predicted molar refractivity (Wildman–Crippen MR) is 133 cm³/mol. The molecule has 6 nitrogen and oxygen atoms in total. The minimum atomic E-state index is -0.685. The maximum atomic E-state index is 13.3. The van der Waals surface area contributed by atoms with Crippen molar-refractivity contribution < 1.29 is 24.2 Å². The number of Topliss-reactive ketones (excluding diaryl/α,β-unsaturated/α-hetero) is 1. The van der Waals surface area contributed by atoms with Gasteiger partial charge in [0, 0.05) is 6.54 Å². The van der Waals surface area contributed by atoms with Crippen LogP contribution in [0.2, 0.25) is 0 Å². The van der Waals surface area contributed by atoms with Crippen molar-refractivity contribution in [3.8, 4) is 11.5 Å². The van der Waals surface area contributed by atoms with Gasteiger partial charge in [-0.3, -0.25) is 9.59 Å². The molecule has 0 bridgehead atoms. The van der Waals surface area contributed by atoms with Gasteiger partial charge in [0.1, 0.15) is 17.3 Å². The van der Waals surface area contributed by atoms with Crippen LogP contribution in [0.4, 0.5) is 0 Å². The van der Waals surface area contributed by atoms with E-state index in [9.17, 15) is 14.7 Å². The molecule has 1 unspecified atom stereocenters. The molecule has 1 atom stereocenters. The fourth-order valence-electron chi connectivity index (χ4n) is 4.54. The van der Waals surface area contributed by atoms with Gasteiger partial charge in [0.25, 0.3) is 11.7 Å². The average Bonchev–Trinajstić information content (AvgIpc) is 3.03. The third-order valence-electron chi connectivity index (χ3n) is 5.99. The number of ether oxygens (including phenoxy) is 2. The largest absolute Gasteiger partial charge is 0.507 e. The molecule has 0 spiro atoms. The minimum Gasteiger partial charge on any atom is -0.507 e. The molecule has 34 heavy (non-hydrogen) atoms. The highest BCUT2D eigenvalue weighted by Crippen LogP contribution is 2.42. The molecule has 1 fully saturated rings. The van der Waals surface area contributed by atoms with Gasteiger partial charge in [-0.15, -0.1) is 0 Å². The van der Waals surface area contributed by atoms with Crippen molar-refractivity contribution in [2.24, 2.45) is 0 Å². The van der Waals surface area contributed by atoms with E-state index in [1.165, 1.54) is 7.11 Å². The fraction of sp³-hybridized carbons (Fsp3) is 0.429. The van der Waals surface area contributed by atoms with Gasteiger partial charge in [-0.1, -0.05) is 38.0 Å². The van der Waals surface area contributed by atoms with Crippen LogP contribution in [-0.2, 0) is 9.59 Å². The van der Waals surface area contributed by atoms with Gasteiger partial charge in [-0.2, -0.15) is 0 Å². The van der Waals surface area contributed by atoms with Crippen LogP contribution >= 0.6 is 0 Å². The minimum absolute atomic E-state index is 0.0301. The Kier molecular flexibility index (Phi) is 8.02. The van der Waals surface area contributed by atoms with Gasteiger partial charge in [-0.05, 0) is 69.0 Å². The van der Waals surface area contributed by atoms with Gasteiger partial charge in [0.15, 0.2) is 0 Å². The summed E-state index contributed by atoms with van der Waals surface area (Å²) in [6.45, 7) is 10.2. The van der Waals surface area contributed by atoms with E-state index >= 15 is 0 Å². The maximum Gasteiger partial charge on any atom is 0.295 e. The number of aliphatic hydroxyl groups excluding tert-OH is 1. The number of hydrogen-bond donors (Lipinski definition) is 1. The van der Waals surface area contributed by atoms with E-state index in [2.05, 4.69) is 6.92 Å². The molecule has 0 aromatic heterocycles. The summed E-state index contributed by atoms with van der Waals surface area (Å²) in [5.41, 5.74) is 3.01. The highest BCUT2D eigenvalue weighted by molar-refractivity contribution is 6.46. The number of likely N-dealkylation sites (tertiary alicyclic amines) is 1. The third kappa shape index (κ3) is 5.11. The Morgan fingerprint density at radius 1 is 1.09 bits per heavy atom. The second kappa shape index (κ2) is 10.8. The van der Waals surface area contributed by atoms with Crippen LogP contribution in [0, 0.1) is 13.8 Å². The van der Waals surface area contributed by atoms with Gasteiger partial charge < -0.3 is 19.5 Å². The van der Waals surface area contributed by atoms with E-state index in [-0.39, 0.29) is 17.4 Å². The first kappa shape index (κ1) is 25.3. The van der Waals surface area contributed by atoms with E-state index in [1.807, 2.05) is 58.0 Å². The van der Waals surface area contributed by atoms with Crippen molar-refractivity contribution >= 4 is 17.4 Å². The van der Waals surface area contributed by atoms with Crippen molar-refractivity contribution in [2.75, 3.05) is 13.7 Å². The molecule has 1 heterocycles. The van der Waals surface area contributed by atoms with Gasteiger partial charge in [0.2, 0.25) is 0 Å². The maximum absolute atomic E-state index is 13.3. The molecular formula is C28H35NO5.